The first-order chi connectivity index (χ1) is 16.3. The number of halogens is 3. The van der Waals surface area contributed by atoms with Gasteiger partial charge in [0, 0.05) is 24.0 Å². The van der Waals surface area contributed by atoms with Gasteiger partial charge in [0.1, 0.15) is 5.75 Å². The molecule has 0 aliphatic heterocycles. The second-order valence-corrected chi connectivity index (χ2v) is 7.31. The summed E-state index contributed by atoms with van der Waals surface area (Å²) >= 11 is 0. The highest BCUT2D eigenvalue weighted by Gasteiger charge is 2.15. The Bertz CT molecular complexity index is 1370. The summed E-state index contributed by atoms with van der Waals surface area (Å²) in [6.07, 6.45) is 2.95. The van der Waals surface area contributed by atoms with Crippen LogP contribution in [0, 0.1) is 24.4 Å². The van der Waals surface area contributed by atoms with Crippen molar-refractivity contribution < 1.29 is 22.6 Å². The summed E-state index contributed by atoms with van der Waals surface area (Å²) in [6, 6.07) is 12.3. The lowest BCUT2D eigenvalue weighted by Crippen LogP contribution is -2.19. The number of nitrogens with one attached hydrogen (secondary N) is 1. The van der Waals surface area contributed by atoms with E-state index in [9.17, 15) is 18.0 Å². The van der Waals surface area contributed by atoms with Crippen molar-refractivity contribution >= 4 is 11.6 Å². The zero-order valence-electron chi connectivity index (χ0n) is 18.2. The lowest BCUT2D eigenvalue weighted by atomic mass is 10.2. The molecule has 0 atom stereocenters. The third-order valence-corrected chi connectivity index (χ3v) is 4.90. The third-order valence-electron chi connectivity index (χ3n) is 4.90. The maximum atomic E-state index is 13.7. The normalized spacial score (nSPS) is 10.7. The van der Waals surface area contributed by atoms with Gasteiger partial charge in [-0.2, -0.15) is 4.98 Å². The third kappa shape index (κ3) is 5.01. The van der Waals surface area contributed by atoms with E-state index in [1.165, 1.54) is 17.9 Å². The molecular formula is C24H19F3N4O3. The summed E-state index contributed by atoms with van der Waals surface area (Å²) in [5.74, 6) is -3.31. The standard InChI is InChI=1S/C24H19F3N4O3/c1-14-6-7-16(34-21-5-3-4-8-28-21)11-19(14)29-24-30-23(32)20(33-2)13-31(24)12-15-9-17(25)22(27)18(26)10-15/h3-11,13H,12H2,1-2H3,(H,29,30,32). The second-order valence-electron chi connectivity index (χ2n) is 7.31. The van der Waals surface area contributed by atoms with Crippen LogP contribution in [0.1, 0.15) is 11.1 Å². The number of rotatable bonds is 7. The molecule has 0 bridgehead atoms. The van der Waals surface area contributed by atoms with Crippen molar-refractivity contribution in [2.75, 3.05) is 12.4 Å². The van der Waals surface area contributed by atoms with Crippen LogP contribution in [-0.2, 0) is 6.54 Å². The van der Waals surface area contributed by atoms with Gasteiger partial charge >= 0.3 is 5.56 Å². The van der Waals surface area contributed by atoms with Crippen LogP contribution in [0.5, 0.6) is 17.4 Å². The fourth-order valence-electron chi connectivity index (χ4n) is 3.18. The van der Waals surface area contributed by atoms with Crippen molar-refractivity contribution in [2.45, 2.75) is 13.5 Å². The number of ether oxygens (including phenoxy) is 2. The molecule has 2 aromatic heterocycles. The van der Waals surface area contributed by atoms with Crippen molar-refractivity contribution in [3.05, 3.63) is 99.9 Å². The van der Waals surface area contributed by atoms with Gasteiger partial charge in [0.2, 0.25) is 17.6 Å². The molecule has 4 aromatic rings. The van der Waals surface area contributed by atoms with Crippen molar-refractivity contribution in [2.24, 2.45) is 0 Å². The molecule has 0 fully saturated rings. The smallest absolute Gasteiger partial charge is 0.316 e. The van der Waals surface area contributed by atoms with Crippen molar-refractivity contribution in [3.63, 3.8) is 0 Å². The molecular weight excluding hydrogens is 449 g/mol. The molecule has 2 aromatic carbocycles. The van der Waals surface area contributed by atoms with Gasteiger partial charge in [-0.3, -0.25) is 4.79 Å². The van der Waals surface area contributed by atoms with Crippen LogP contribution in [0.25, 0.3) is 0 Å². The quantitative estimate of drug-likeness (QED) is 0.387. The number of hydrogen-bond acceptors (Lipinski definition) is 6. The van der Waals surface area contributed by atoms with E-state index in [1.54, 1.807) is 42.6 Å². The van der Waals surface area contributed by atoms with Gasteiger partial charge in [-0.25, -0.2) is 18.2 Å². The SMILES string of the molecule is COc1cn(Cc2cc(F)c(F)c(F)c2)c(Nc2cc(Oc3ccccn3)ccc2C)nc1=O. The molecule has 0 radical (unpaired) electrons. The van der Waals surface area contributed by atoms with Gasteiger partial charge in [-0.15, -0.1) is 0 Å². The second kappa shape index (κ2) is 9.65. The predicted octanol–water partition coefficient (Wildman–Crippen LogP) is 4.96. The number of pyridine rings is 1. The van der Waals surface area contributed by atoms with Crippen LogP contribution >= 0.6 is 0 Å². The average molecular weight is 468 g/mol. The largest absolute Gasteiger partial charge is 0.490 e. The number of nitrogens with zero attached hydrogens (tertiary/aromatic N) is 3. The van der Waals surface area contributed by atoms with Gasteiger partial charge in [0.15, 0.2) is 17.5 Å². The van der Waals surface area contributed by atoms with Crippen LogP contribution in [0.15, 0.2) is 65.7 Å². The average Bonchev–Trinajstić information content (AvgIpc) is 2.82. The maximum absolute atomic E-state index is 13.7. The van der Waals surface area contributed by atoms with Crippen molar-refractivity contribution in [3.8, 4) is 17.4 Å². The predicted molar refractivity (Wildman–Crippen MR) is 119 cm³/mol. The molecule has 0 saturated heterocycles. The zero-order chi connectivity index (χ0) is 24.2. The Kier molecular flexibility index (Phi) is 6.48. The van der Waals surface area contributed by atoms with Crippen molar-refractivity contribution in [1.29, 1.82) is 0 Å². The highest BCUT2D eigenvalue weighted by atomic mass is 19.2. The lowest BCUT2D eigenvalue weighted by molar-refractivity contribution is 0.402. The van der Waals surface area contributed by atoms with Crippen LogP contribution in [0.4, 0.5) is 24.8 Å². The van der Waals surface area contributed by atoms with Gasteiger partial charge < -0.3 is 19.4 Å². The molecule has 0 aliphatic rings. The molecule has 0 saturated carbocycles. The maximum Gasteiger partial charge on any atom is 0.316 e. The zero-order valence-corrected chi connectivity index (χ0v) is 18.2. The molecule has 10 heteroatoms. The summed E-state index contributed by atoms with van der Waals surface area (Å²) in [6.45, 7) is 1.72. The molecule has 2 heterocycles. The van der Waals surface area contributed by atoms with Gasteiger partial charge in [-0.05, 0) is 42.3 Å². The fourth-order valence-corrected chi connectivity index (χ4v) is 3.18. The van der Waals surface area contributed by atoms with E-state index in [4.69, 9.17) is 9.47 Å². The van der Waals surface area contributed by atoms with E-state index in [2.05, 4.69) is 15.3 Å². The number of methoxy groups -OCH3 is 1. The monoisotopic (exact) mass is 468 g/mol. The Labute approximate surface area is 192 Å². The number of aryl methyl sites for hydroxylation is 1. The van der Waals surface area contributed by atoms with E-state index in [0.29, 0.717) is 17.3 Å². The minimum absolute atomic E-state index is 0.0717. The van der Waals surface area contributed by atoms with Gasteiger partial charge in [0.25, 0.3) is 0 Å². The van der Waals surface area contributed by atoms with Crippen LogP contribution in [-0.4, -0.2) is 21.6 Å². The summed E-state index contributed by atoms with van der Waals surface area (Å²) in [5, 5.41) is 3.05. The van der Waals surface area contributed by atoms with Gasteiger partial charge in [0.05, 0.1) is 19.9 Å². The van der Waals surface area contributed by atoms with E-state index in [1.807, 2.05) is 6.92 Å². The Morgan fingerprint density at radius 3 is 2.50 bits per heavy atom. The minimum atomic E-state index is -1.56. The first-order valence-electron chi connectivity index (χ1n) is 10.1. The molecule has 174 valence electrons. The molecule has 0 spiro atoms. The molecule has 1 N–H and O–H groups in total. The van der Waals surface area contributed by atoms with E-state index < -0.39 is 23.0 Å². The molecule has 0 aliphatic carbocycles. The number of anilines is 2. The Morgan fingerprint density at radius 2 is 1.82 bits per heavy atom. The van der Waals surface area contributed by atoms with Crippen LogP contribution in [0.3, 0.4) is 0 Å². The summed E-state index contributed by atoms with van der Waals surface area (Å²) in [7, 11) is 1.30. The Hall–Kier alpha value is -4.34. The number of aromatic nitrogens is 3. The highest BCUT2D eigenvalue weighted by molar-refractivity contribution is 5.61. The van der Waals surface area contributed by atoms with E-state index >= 15 is 0 Å². The molecule has 0 amide bonds. The molecule has 4 rings (SSSR count). The Balaban J connectivity index is 1.70. The number of hydrogen-bond donors (Lipinski definition) is 1. The fraction of sp³-hybridized carbons (Fsp3) is 0.125. The van der Waals surface area contributed by atoms with Crippen LogP contribution < -0.4 is 20.3 Å². The van der Waals surface area contributed by atoms with E-state index in [0.717, 1.165) is 17.7 Å². The molecule has 7 nitrogen and oxygen atoms in total. The Morgan fingerprint density at radius 1 is 1.06 bits per heavy atom. The van der Waals surface area contributed by atoms with Crippen LogP contribution in [0.2, 0.25) is 0 Å². The first-order valence-corrected chi connectivity index (χ1v) is 10.1. The van der Waals surface area contributed by atoms with Gasteiger partial charge in [-0.1, -0.05) is 12.1 Å². The minimum Gasteiger partial charge on any atom is -0.490 e. The highest BCUT2D eigenvalue weighted by Crippen LogP contribution is 2.28. The number of benzene rings is 2. The van der Waals surface area contributed by atoms with E-state index in [-0.39, 0.29) is 23.8 Å². The first kappa shape index (κ1) is 22.8. The van der Waals surface area contributed by atoms with Crippen molar-refractivity contribution in [1.82, 2.24) is 14.5 Å². The summed E-state index contributed by atoms with van der Waals surface area (Å²) in [4.78, 5) is 20.4. The summed E-state index contributed by atoms with van der Waals surface area (Å²) < 4.78 is 53.1. The molecule has 34 heavy (non-hydrogen) atoms. The molecule has 0 unspecified atom stereocenters. The summed E-state index contributed by atoms with van der Waals surface area (Å²) in [5.41, 5.74) is 0.853. The topological polar surface area (TPSA) is 78.3 Å². The lowest BCUT2D eigenvalue weighted by Gasteiger charge is -2.17.